The summed E-state index contributed by atoms with van der Waals surface area (Å²) in [6, 6.07) is 9.52. The molecule has 126 valence electrons. The lowest BCUT2D eigenvalue weighted by Gasteiger charge is -2.09. The number of halogens is 1. The summed E-state index contributed by atoms with van der Waals surface area (Å²) >= 11 is 5.83. The highest BCUT2D eigenvalue weighted by Gasteiger charge is 2.18. The highest BCUT2D eigenvalue weighted by molar-refractivity contribution is 6.30. The van der Waals surface area contributed by atoms with Crippen molar-refractivity contribution in [1.29, 1.82) is 0 Å². The molecule has 2 heterocycles. The van der Waals surface area contributed by atoms with Crippen LogP contribution in [0.15, 0.2) is 58.4 Å². The van der Waals surface area contributed by atoms with Crippen LogP contribution in [0.25, 0.3) is 5.69 Å². The summed E-state index contributed by atoms with van der Waals surface area (Å²) in [5, 5.41) is 6.93. The molecule has 0 saturated carbocycles. The predicted molar refractivity (Wildman–Crippen MR) is 92.3 cm³/mol. The van der Waals surface area contributed by atoms with E-state index < -0.39 is 22.9 Å². The third kappa shape index (κ3) is 3.33. The lowest BCUT2D eigenvalue weighted by molar-refractivity contribution is 0.101. The van der Waals surface area contributed by atoms with Gasteiger partial charge in [0, 0.05) is 18.3 Å². The smallest absolute Gasteiger partial charge is 0.319 e. The molecule has 0 radical (unpaired) electrons. The molecule has 1 amide bonds. The van der Waals surface area contributed by atoms with Crippen LogP contribution >= 0.6 is 11.6 Å². The van der Waals surface area contributed by atoms with E-state index in [4.69, 9.17) is 11.6 Å². The maximum absolute atomic E-state index is 12.4. The van der Waals surface area contributed by atoms with E-state index >= 15 is 0 Å². The van der Waals surface area contributed by atoms with Gasteiger partial charge in [-0.2, -0.15) is 9.78 Å². The molecule has 3 rings (SSSR count). The fourth-order valence-corrected chi connectivity index (χ4v) is 2.22. The molecule has 8 nitrogen and oxygen atoms in total. The molecule has 3 aromatic rings. The summed E-state index contributed by atoms with van der Waals surface area (Å²) < 4.78 is 1.79. The number of nitrogens with one attached hydrogen (secondary N) is 1. The number of pyridine rings is 1. The summed E-state index contributed by atoms with van der Waals surface area (Å²) in [5.74, 6) is -0.740. The molecular formula is C16H12ClN5O3. The van der Waals surface area contributed by atoms with Gasteiger partial charge in [-0.05, 0) is 36.4 Å². The summed E-state index contributed by atoms with van der Waals surface area (Å²) in [5.41, 5.74) is -1.11. The van der Waals surface area contributed by atoms with Crippen LogP contribution in [0.4, 0.5) is 5.69 Å². The predicted octanol–water partition coefficient (Wildman–Crippen LogP) is 1.23. The molecule has 0 aliphatic carbocycles. The number of aromatic nitrogens is 4. The first-order chi connectivity index (χ1) is 12.0. The van der Waals surface area contributed by atoms with E-state index in [9.17, 15) is 14.4 Å². The van der Waals surface area contributed by atoms with Gasteiger partial charge in [-0.3, -0.25) is 19.1 Å². The molecule has 0 spiro atoms. The zero-order chi connectivity index (χ0) is 18.0. The van der Waals surface area contributed by atoms with E-state index in [0.29, 0.717) is 16.4 Å². The molecule has 0 aliphatic rings. The van der Waals surface area contributed by atoms with E-state index in [1.54, 1.807) is 42.6 Å². The Kier molecular flexibility index (Phi) is 4.44. The third-order valence-corrected chi connectivity index (χ3v) is 3.63. The van der Waals surface area contributed by atoms with Gasteiger partial charge in [0.15, 0.2) is 0 Å². The van der Waals surface area contributed by atoms with Gasteiger partial charge in [0.1, 0.15) is 0 Å². The van der Waals surface area contributed by atoms with Crippen molar-refractivity contribution < 1.29 is 4.79 Å². The average molecular weight is 358 g/mol. The van der Waals surface area contributed by atoms with Gasteiger partial charge in [0.05, 0.1) is 17.6 Å². The Labute approximate surface area is 146 Å². The van der Waals surface area contributed by atoms with Crippen molar-refractivity contribution in [3.05, 3.63) is 80.3 Å². The molecule has 0 fully saturated rings. The minimum atomic E-state index is -0.795. The topological polar surface area (TPSA) is 98.9 Å². The largest absolute Gasteiger partial charge is 0.351 e. The van der Waals surface area contributed by atoms with Crippen LogP contribution in [-0.2, 0) is 7.05 Å². The van der Waals surface area contributed by atoms with Crippen molar-refractivity contribution >= 4 is 23.2 Å². The van der Waals surface area contributed by atoms with Gasteiger partial charge in [-0.25, -0.2) is 4.79 Å². The van der Waals surface area contributed by atoms with Crippen molar-refractivity contribution in [2.45, 2.75) is 0 Å². The number of amides is 1. The van der Waals surface area contributed by atoms with Crippen LogP contribution < -0.4 is 16.6 Å². The van der Waals surface area contributed by atoms with Crippen molar-refractivity contribution in [3.63, 3.8) is 0 Å². The number of benzene rings is 1. The number of anilines is 1. The van der Waals surface area contributed by atoms with E-state index in [0.717, 1.165) is 9.25 Å². The summed E-state index contributed by atoms with van der Waals surface area (Å²) in [4.78, 5) is 40.8. The SMILES string of the molecule is Cn1c(=O)c(C(=O)Nc2cccnc2)nn(-c2ccc(Cl)cc2)c1=O. The Hall–Kier alpha value is -3.26. The Bertz CT molecular complexity index is 1040. The Morgan fingerprint density at radius 1 is 1.16 bits per heavy atom. The molecule has 1 N–H and O–H groups in total. The summed E-state index contributed by atoms with van der Waals surface area (Å²) in [7, 11) is 1.28. The fourth-order valence-electron chi connectivity index (χ4n) is 2.09. The Morgan fingerprint density at radius 3 is 2.52 bits per heavy atom. The highest BCUT2D eigenvalue weighted by atomic mass is 35.5. The normalized spacial score (nSPS) is 10.5. The first-order valence-corrected chi connectivity index (χ1v) is 7.53. The molecular weight excluding hydrogens is 346 g/mol. The monoisotopic (exact) mass is 357 g/mol. The molecule has 9 heteroatoms. The molecule has 0 atom stereocenters. The fraction of sp³-hybridized carbons (Fsp3) is 0.0625. The van der Waals surface area contributed by atoms with Crippen LogP contribution in [0, 0.1) is 0 Å². The summed E-state index contributed by atoms with van der Waals surface area (Å²) in [6.45, 7) is 0. The molecule has 25 heavy (non-hydrogen) atoms. The second kappa shape index (κ2) is 6.70. The van der Waals surface area contributed by atoms with Crippen molar-refractivity contribution in [3.8, 4) is 5.69 Å². The van der Waals surface area contributed by atoms with E-state index in [1.807, 2.05) is 0 Å². The minimum absolute atomic E-state index is 0.375. The maximum atomic E-state index is 12.4. The van der Waals surface area contributed by atoms with Gasteiger partial charge < -0.3 is 5.32 Å². The number of hydrogen-bond acceptors (Lipinski definition) is 5. The maximum Gasteiger partial charge on any atom is 0.351 e. The standard InChI is InChI=1S/C16H12ClN5O3/c1-21-15(24)13(14(23)19-11-3-2-8-18-9-11)20-22(16(21)25)12-6-4-10(17)5-7-12/h2-9H,1H3,(H,19,23). The molecule has 1 aromatic carbocycles. The van der Waals surface area contributed by atoms with Crippen molar-refractivity contribution in [1.82, 2.24) is 19.3 Å². The zero-order valence-electron chi connectivity index (χ0n) is 13.0. The van der Waals surface area contributed by atoms with E-state index in [-0.39, 0.29) is 0 Å². The quantitative estimate of drug-likeness (QED) is 0.760. The second-order valence-corrected chi connectivity index (χ2v) is 5.52. The van der Waals surface area contributed by atoms with Gasteiger partial charge >= 0.3 is 5.69 Å². The zero-order valence-corrected chi connectivity index (χ0v) is 13.8. The molecule has 0 unspecified atom stereocenters. The van der Waals surface area contributed by atoms with Crippen LogP contribution in [0.5, 0.6) is 0 Å². The molecule has 2 aromatic heterocycles. The third-order valence-electron chi connectivity index (χ3n) is 3.38. The minimum Gasteiger partial charge on any atom is -0.319 e. The first kappa shape index (κ1) is 16.6. The van der Waals surface area contributed by atoms with Crippen LogP contribution in [0.2, 0.25) is 5.02 Å². The highest BCUT2D eigenvalue weighted by Crippen LogP contribution is 2.11. The van der Waals surface area contributed by atoms with Gasteiger partial charge in [-0.15, -0.1) is 0 Å². The Balaban J connectivity index is 2.08. The first-order valence-electron chi connectivity index (χ1n) is 7.15. The average Bonchev–Trinajstić information content (AvgIpc) is 2.62. The van der Waals surface area contributed by atoms with Crippen LogP contribution in [0.1, 0.15) is 10.5 Å². The van der Waals surface area contributed by atoms with Crippen LogP contribution in [0.3, 0.4) is 0 Å². The number of nitrogens with zero attached hydrogens (tertiary/aromatic N) is 4. The molecule has 0 bridgehead atoms. The Morgan fingerprint density at radius 2 is 1.88 bits per heavy atom. The van der Waals surface area contributed by atoms with Gasteiger partial charge in [0.2, 0.25) is 5.69 Å². The van der Waals surface area contributed by atoms with Crippen molar-refractivity contribution in [2.75, 3.05) is 5.32 Å². The van der Waals surface area contributed by atoms with Gasteiger partial charge in [-0.1, -0.05) is 11.6 Å². The van der Waals surface area contributed by atoms with E-state index in [2.05, 4.69) is 15.4 Å². The van der Waals surface area contributed by atoms with E-state index in [1.165, 1.54) is 13.2 Å². The number of carbonyl (C=O) groups excluding carboxylic acids is 1. The van der Waals surface area contributed by atoms with Crippen molar-refractivity contribution in [2.24, 2.45) is 7.05 Å². The summed E-state index contributed by atoms with van der Waals surface area (Å²) in [6.07, 6.45) is 2.98. The second-order valence-electron chi connectivity index (χ2n) is 5.08. The lowest BCUT2D eigenvalue weighted by Crippen LogP contribution is -2.43. The number of carbonyl (C=O) groups is 1. The number of hydrogen-bond donors (Lipinski definition) is 1. The number of rotatable bonds is 3. The van der Waals surface area contributed by atoms with Crippen LogP contribution in [-0.4, -0.2) is 25.2 Å². The van der Waals surface area contributed by atoms with Gasteiger partial charge in [0.25, 0.3) is 11.5 Å². The molecule has 0 aliphatic heterocycles. The molecule has 0 saturated heterocycles. The lowest BCUT2D eigenvalue weighted by atomic mass is 10.3.